The number of hydrogen-bond acceptors (Lipinski definition) is 8. The fourth-order valence-electron chi connectivity index (χ4n) is 2.09. The molecule has 176 valence electrons. The summed E-state index contributed by atoms with van der Waals surface area (Å²) in [5.41, 5.74) is -0.904. The van der Waals surface area contributed by atoms with Crippen LogP contribution in [0.5, 0.6) is 0 Å². The first kappa shape index (κ1) is 30.7. The summed E-state index contributed by atoms with van der Waals surface area (Å²) in [6.45, 7) is 6.97. The van der Waals surface area contributed by atoms with Crippen molar-refractivity contribution in [1.82, 2.24) is 15.5 Å². The number of aliphatic carboxylic acids is 1. The molecular formula is C18H35N3O7S2. The fraction of sp³-hybridized carbons (Fsp3) is 0.778. The summed E-state index contributed by atoms with van der Waals surface area (Å²) in [6.07, 6.45) is -1.16. The molecular weight excluding hydrogens is 434 g/mol. The molecule has 0 saturated carbocycles. The Hall–Kier alpha value is -1.50. The Morgan fingerprint density at radius 3 is 2.00 bits per heavy atom. The maximum atomic E-state index is 11.5. The third-order valence-corrected chi connectivity index (χ3v) is 4.63. The molecule has 0 heterocycles. The number of likely N-dealkylation sites (N-methyl/N-ethyl adjacent to an activating group) is 1. The first-order valence-electron chi connectivity index (χ1n) is 9.44. The van der Waals surface area contributed by atoms with E-state index in [2.05, 4.69) is 35.9 Å². The largest absolute Gasteiger partial charge is 0.480 e. The second kappa shape index (κ2) is 16.2. The van der Waals surface area contributed by atoms with Gasteiger partial charge in [-0.15, -0.1) is 0 Å². The van der Waals surface area contributed by atoms with Gasteiger partial charge in [-0.2, -0.15) is 25.3 Å². The van der Waals surface area contributed by atoms with Gasteiger partial charge in [0.25, 0.3) is 0 Å². The molecule has 0 fully saturated rings. The molecule has 30 heavy (non-hydrogen) atoms. The quantitative estimate of drug-likeness (QED) is 0.184. The minimum Gasteiger partial charge on any atom is -0.480 e. The van der Waals surface area contributed by atoms with E-state index in [0.717, 1.165) is 0 Å². The van der Waals surface area contributed by atoms with Gasteiger partial charge in [0.1, 0.15) is 12.1 Å². The summed E-state index contributed by atoms with van der Waals surface area (Å²) in [6, 6.07) is -0.809. The minimum atomic E-state index is -1.30. The summed E-state index contributed by atoms with van der Waals surface area (Å²) < 4.78 is 0. The van der Waals surface area contributed by atoms with Crippen LogP contribution < -0.4 is 10.6 Å². The van der Waals surface area contributed by atoms with E-state index in [-0.39, 0.29) is 37.1 Å². The van der Waals surface area contributed by atoms with Gasteiger partial charge in [0, 0.05) is 49.9 Å². The molecule has 0 radical (unpaired) electrons. The van der Waals surface area contributed by atoms with Gasteiger partial charge in [0.2, 0.25) is 17.7 Å². The average Bonchev–Trinajstić information content (AvgIpc) is 2.69. The van der Waals surface area contributed by atoms with Crippen LogP contribution in [0.4, 0.5) is 0 Å². The SMILES string of the molecule is CC(C)(CO)C(O)C(=O)NCCC(=O)NCCS.CCN(C(C)=O)C(CS)C(=O)O. The lowest BCUT2D eigenvalue weighted by atomic mass is 9.87. The number of aliphatic hydroxyl groups is 2. The van der Waals surface area contributed by atoms with Crippen molar-refractivity contribution < 1.29 is 34.5 Å². The van der Waals surface area contributed by atoms with Gasteiger partial charge in [0.05, 0.1) is 6.61 Å². The number of amides is 3. The summed E-state index contributed by atoms with van der Waals surface area (Å²) in [5.74, 6) is -1.32. The van der Waals surface area contributed by atoms with Gasteiger partial charge in [-0.25, -0.2) is 4.79 Å². The lowest BCUT2D eigenvalue weighted by Gasteiger charge is -2.27. The van der Waals surface area contributed by atoms with Crippen molar-refractivity contribution in [1.29, 1.82) is 0 Å². The molecule has 0 saturated heterocycles. The molecule has 3 amide bonds. The number of aliphatic hydroxyl groups excluding tert-OH is 2. The lowest BCUT2D eigenvalue weighted by molar-refractivity contribution is -0.148. The van der Waals surface area contributed by atoms with E-state index in [4.69, 9.17) is 10.2 Å². The zero-order chi connectivity index (χ0) is 23.9. The smallest absolute Gasteiger partial charge is 0.327 e. The molecule has 0 bridgehead atoms. The molecule has 0 spiro atoms. The maximum Gasteiger partial charge on any atom is 0.327 e. The molecule has 0 aliphatic heterocycles. The van der Waals surface area contributed by atoms with Gasteiger partial charge >= 0.3 is 5.97 Å². The van der Waals surface area contributed by atoms with E-state index in [1.165, 1.54) is 11.8 Å². The Bertz CT molecular complexity index is 542. The molecule has 10 nitrogen and oxygen atoms in total. The summed E-state index contributed by atoms with van der Waals surface area (Å²) in [7, 11) is 0. The minimum absolute atomic E-state index is 0.142. The van der Waals surface area contributed by atoms with Crippen molar-refractivity contribution in [3.63, 3.8) is 0 Å². The molecule has 2 unspecified atom stereocenters. The van der Waals surface area contributed by atoms with Crippen molar-refractivity contribution in [2.45, 2.75) is 46.3 Å². The number of thiol groups is 2. The van der Waals surface area contributed by atoms with Crippen molar-refractivity contribution in [3.05, 3.63) is 0 Å². The molecule has 0 aromatic carbocycles. The Morgan fingerprint density at radius 1 is 1.10 bits per heavy atom. The van der Waals surface area contributed by atoms with Crippen molar-refractivity contribution >= 4 is 48.9 Å². The second-order valence-corrected chi connectivity index (χ2v) is 7.82. The topological polar surface area (TPSA) is 156 Å². The Morgan fingerprint density at radius 2 is 1.67 bits per heavy atom. The third kappa shape index (κ3) is 12.3. The third-order valence-electron chi connectivity index (χ3n) is 4.06. The van der Waals surface area contributed by atoms with E-state index in [0.29, 0.717) is 18.8 Å². The van der Waals surface area contributed by atoms with Crippen LogP contribution in [-0.2, 0) is 19.2 Å². The fourth-order valence-corrected chi connectivity index (χ4v) is 2.56. The van der Waals surface area contributed by atoms with Crippen LogP contribution in [0, 0.1) is 5.41 Å². The maximum absolute atomic E-state index is 11.5. The molecule has 2 atom stereocenters. The van der Waals surface area contributed by atoms with Crippen LogP contribution >= 0.6 is 25.3 Å². The summed E-state index contributed by atoms with van der Waals surface area (Å²) in [5, 5.41) is 32.4. The monoisotopic (exact) mass is 469 g/mol. The average molecular weight is 470 g/mol. The van der Waals surface area contributed by atoms with Gasteiger partial charge < -0.3 is 30.9 Å². The van der Waals surface area contributed by atoms with Gasteiger partial charge in [-0.3, -0.25) is 14.4 Å². The Labute approximate surface area is 188 Å². The first-order valence-corrected chi connectivity index (χ1v) is 10.7. The van der Waals surface area contributed by atoms with Crippen LogP contribution in [0.15, 0.2) is 0 Å². The number of nitrogens with one attached hydrogen (secondary N) is 2. The molecule has 5 N–H and O–H groups in total. The predicted octanol–water partition coefficient (Wildman–Crippen LogP) is -0.844. The number of rotatable bonds is 12. The van der Waals surface area contributed by atoms with Gasteiger partial charge in [-0.05, 0) is 6.92 Å². The summed E-state index contributed by atoms with van der Waals surface area (Å²) >= 11 is 7.82. The van der Waals surface area contributed by atoms with Crippen molar-refractivity contribution in [3.8, 4) is 0 Å². The van der Waals surface area contributed by atoms with Crippen LogP contribution in [-0.4, -0.2) is 93.8 Å². The highest BCUT2D eigenvalue weighted by atomic mass is 32.1. The zero-order valence-corrected chi connectivity index (χ0v) is 19.7. The number of hydrogen-bond donors (Lipinski definition) is 7. The Balaban J connectivity index is 0. The molecule has 0 rings (SSSR count). The normalized spacial score (nSPS) is 12.7. The van der Waals surface area contributed by atoms with E-state index >= 15 is 0 Å². The van der Waals surface area contributed by atoms with Crippen LogP contribution in [0.25, 0.3) is 0 Å². The summed E-state index contributed by atoms with van der Waals surface area (Å²) in [4.78, 5) is 45.5. The number of nitrogens with zero attached hydrogens (tertiary/aromatic N) is 1. The molecule has 0 aliphatic carbocycles. The van der Waals surface area contributed by atoms with Gasteiger partial charge in [-0.1, -0.05) is 13.8 Å². The molecule has 0 aliphatic rings. The Kier molecular flexibility index (Phi) is 16.6. The number of carbonyl (C=O) groups excluding carboxylic acids is 3. The van der Waals surface area contributed by atoms with E-state index in [1.54, 1.807) is 20.8 Å². The van der Waals surface area contributed by atoms with E-state index in [1.807, 2.05) is 0 Å². The van der Waals surface area contributed by atoms with Crippen LogP contribution in [0.1, 0.15) is 34.1 Å². The van der Waals surface area contributed by atoms with Gasteiger partial charge in [0.15, 0.2) is 0 Å². The van der Waals surface area contributed by atoms with Crippen LogP contribution in [0.2, 0.25) is 0 Å². The number of carboxylic acids is 1. The number of carboxylic acid groups (broad SMARTS) is 1. The highest BCUT2D eigenvalue weighted by Crippen LogP contribution is 2.19. The van der Waals surface area contributed by atoms with Crippen molar-refractivity contribution in [2.24, 2.45) is 5.41 Å². The van der Waals surface area contributed by atoms with E-state index < -0.39 is 29.4 Å². The highest BCUT2D eigenvalue weighted by Gasteiger charge is 2.32. The second-order valence-electron chi connectivity index (χ2n) is 7.01. The standard InChI is InChI=1S/C11H22N2O4S.C7H13NO3S/c1-11(2,7-14)9(16)10(17)13-4-3-8(15)12-5-6-18;1-3-8(5(2)9)6(4-12)7(10)11/h9,14,16,18H,3-7H2,1-2H3,(H,12,15)(H,13,17);6,12H,3-4H2,1-2H3,(H,10,11). The first-order chi connectivity index (χ1) is 13.9. The zero-order valence-electron chi connectivity index (χ0n) is 17.9. The number of carbonyl (C=O) groups is 4. The van der Waals surface area contributed by atoms with Crippen LogP contribution in [0.3, 0.4) is 0 Å². The highest BCUT2D eigenvalue weighted by molar-refractivity contribution is 7.80. The molecule has 0 aromatic rings. The van der Waals surface area contributed by atoms with Crippen molar-refractivity contribution in [2.75, 3.05) is 37.7 Å². The lowest BCUT2D eigenvalue weighted by Crippen LogP contribution is -2.46. The predicted molar refractivity (Wildman–Crippen MR) is 120 cm³/mol. The van der Waals surface area contributed by atoms with E-state index in [9.17, 15) is 24.3 Å². The molecule has 0 aromatic heterocycles. The molecule has 12 heteroatoms.